The monoisotopic (exact) mass is 763 g/mol. The molecule has 2 bridgehead atoms. The third-order valence-corrected chi connectivity index (χ3v) is 12.6. The van der Waals surface area contributed by atoms with E-state index in [-0.39, 0.29) is 60.0 Å². The molecule has 2 aliphatic heterocycles. The number of fused-ring (bicyclic) bond motifs is 2. The van der Waals surface area contributed by atoms with E-state index in [0.29, 0.717) is 31.3 Å². The van der Waals surface area contributed by atoms with Crippen molar-refractivity contribution in [3.05, 3.63) is 53.9 Å². The largest absolute Gasteiger partial charge is 0.379 e. The summed E-state index contributed by atoms with van der Waals surface area (Å²) in [5.41, 5.74) is 1.81. The van der Waals surface area contributed by atoms with E-state index in [1.807, 2.05) is 62.1 Å². The number of hydrogen-bond donors (Lipinski definition) is 4. The Balaban J connectivity index is 1.26. The van der Waals surface area contributed by atoms with Gasteiger partial charge in [0.05, 0.1) is 54.4 Å². The number of nitrogens with zero attached hydrogens (tertiary/aromatic N) is 3. The molecular formula is C42H65N7O6. The molecule has 304 valence electrons. The van der Waals surface area contributed by atoms with Gasteiger partial charge in [-0.15, -0.1) is 0 Å². The molecule has 11 atom stereocenters. The van der Waals surface area contributed by atoms with Crippen molar-refractivity contribution in [3.63, 3.8) is 0 Å². The van der Waals surface area contributed by atoms with Gasteiger partial charge in [0, 0.05) is 40.1 Å². The Hall–Kier alpha value is -3.81. The summed E-state index contributed by atoms with van der Waals surface area (Å²) in [4.78, 5) is 59.4. The quantitative estimate of drug-likeness (QED) is 0.167. The molecule has 2 aromatic rings. The fourth-order valence-electron chi connectivity index (χ4n) is 9.28. The summed E-state index contributed by atoms with van der Waals surface area (Å²) in [5, 5.41) is 17.0. The van der Waals surface area contributed by atoms with E-state index in [9.17, 15) is 19.2 Å². The van der Waals surface area contributed by atoms with E-state index in [2.05, 4.69) is 40.0 Å². The van der Waals surface area contributed by atoms with Crippen molar-refractivity contribution in [1.82, 2.24) is 35.9 Å². The van der Waals surface area contributed by atoms with Gasteiger partial charge in [0.15, 0.2) is 0 Å². The van der Waals surface area contributed by atoms with Gasteiger partial charge in [-0.1, -0.05) is 71.4 Å². The standard InChI is InChI=1S/C42H65N7O6/c1-9-26(4)38(48(6)42(53)36(25(2)3)46-41(52)37-29-17-18-30(23-29)44-37)34(54-7)24-35(50)49-21-13-16-33(49)39(55-8)27(5)40(51)45-32(31-19-20-43-47-31)22-28-14-11-10-12-15-28/h10-12,14-15,19-20,25-27,29-30,32-34,36-39,44H,9,13,16-18,21-24H2,1-8H3,(H,43,47)(H,45,51)(H,46,52)/t26-,27+,29-,30+,32-,33-,34+,36-,37-,38-,39+/m0/s1. The molecule has 3 fully saturated rings. The number of amides is 4. The summed E-state index contributed by atoms with van der Waals surface area (Å²) in [6.07, 6.45) is 6.62. The number of aromatic amines is 1. The lowest BCUT2D eigenvalue weighted by molar-refractivity contribution is -0.147. The van der Waals surface area contributed by atoms with Crippen molar-refractivity contribution in [3.8, 4) is 0 Å². The van der Waals surface area contributed by atoms with Gasteiger partial charge in [-0.05, 0) is 67.9 Å². The second kappa shape index (κ2) is 19.4. The minimum absolute atomic E-state index is 0.00520. The Labute approximate surface area is 327 Å². The van der Waals surface area contributed by atoms with Crippen LogP contribution in [0.5, 0.6) is 0 Å². The number of likely N-dealkylation sites (N-methyl/N-ethyl adjacent to an activating group) is 1. The number of carbonyl (C=O) groups is 4. The lowest BCUT2D eigenvalue weighted by Gasteiger charge is -2.41. The third-order valence-electron chi connectivity index (χ3n) is 12.6. The van der Waals surface area contributed by atoms with Crippen molar-refractivity contribution < 1.29 is 28.7 Å². The highest BCUT2D eigenvalue weighted by molar-refractivity contribution is 5.90. The zero-order chi connectivity index (χ0) is 39.8. The number of ether oxygens (including phenoxy) is 2. The topological polar surface area (TPSA) is 158 Å². The maximum absolute atomic E-state index is 14.3. The average Bonchev–Trinajstić information content (AvgIpc) is 4.03. The first-order valence-electron chi connectivity index (χ1n) is 20.4. The SMILES string of the molecule is CC[C@H](C)[C@@H]([C@@H](CC(=O)N1CCC[C@H]1[C@H](OC)[C@@H](C)C(=O)N[C@@H](Cc1ccccc1)c1cc[nH]n1)OC)N(C)C(=O)[C@@H](NC(=O)[C@H]1N[C@@H]2CC[C@H]1C2)C(C)C. The van der Waals surface area contributed by atoms with E-state index in [1.165, 1.54) is 0 Å². The molecule has 13 nitrogen and oxygen atoms in total. The van der Waals surface area contributed by atoms with Gasteiger partial charge in [0.25, 0.3) is 0 Å². The molecule has 3 heterocycles. The zero-order valence-corrected chi connectivity index (χ0v) is 34.1. The molecule has 3 aliphatic rings. The highest BCUT2D eigenvalue weighted by Gasteiger charge is 2.46. The van der Waals surface area contributed by atoms with Crippen LogP contribution >= 0.6 is 0 Å². The van der Waals surface area contributed by atoms with E-state index in [4.69, 9.17) is 9.47 Å². The summed E-state index contributed by atoms with van der Waals surface area (Å²) in [5.74, 6) is -0.970. The molecule has 0 radical (unpaired) electrons. The highest BCUT2D eigenvalue weighted by atomic mass is 16.5. The number of aromatic nitrogens is 2. The van der Waals surface area contributed by atoms with Crippen LogP contribution in [-0.4, -0.2) is 114 Å². The van der Waals surface area contributed by atoms with Crippen LogP contribution in [0.15, 0.2) is 42.6 Å². The zero-order valence-electron chi connectivity index (χ0n) is 34.1. The van der Waals surface area contributed by atoms with Gasteiger partial charge >= 0.3 is 0 Å². The minimum Gasteiger partial charge on any atom is -0.379 e. The highest BCUT2D eigenvalue weighted by Crippen LogP contribution is 2.35. The molecular weight excluding hydrogens is 699 g/mol. The first-order valence-corrected chi connectivity index (χ1v) is 20.4. The van der Waals surface area contributed by atoms with Crippen LogP contribution < -0.4 is 16.0 Å². The number of piperidine rings is 1. The molecule has 1 aliphatic carbocycles. The van der Waals surface area contributed by atoms with Crippen LogP contribution in [0.4, 0.5) is 0 Å². The van der Waals surface area contributed by atoms with Crippen molar-refractivity contribution in [1.29, 1.82) is 0 Å². The molecule has 0 spiro atoms. The predicted octanol–water partition coefficient (Wildman–Crippen LogP) is 4.01. The minimum atomic E-state index is -0.712. The maximum atomic E-state index is 14.3. The number of rotatable bonds is 19. The molecule has 5 rings (SSSR count). The van der Waals surface area contributed by atoms with Gasteiger partial charge < -0.3 is 35.2 Å². The van der Waals surface area contributed by atoms with Gasteiger partial charge in [0.1, 0.15) is 6.04 Å². The van der Waals surface area contributed by atoms with Crippen LogP contribution in [0, 0.1) is 23.7 Å². The summed E-state index contributed by atoms with van der Waals surface area (Å²) >= 11 is 0. The summed E-state index contributed by atoms with van der Waals surface area (Å²) in [6.45, 7) is 10.4. The van der Waals surface area contributed by atoms with E-state index < -0.39 is 30.2 Å². The molecule has 4 N–H and O–H groups in total. The summed E-state index contributed by atoms with van der Waals surface area (Å²) in [6, 6.07) is 10.2. The molecule has 13 heteroatoms. The molecule has 1 aromatic heterocycles. The van der Waals surface area contributed by atoms with Crippen LogP contribution in [-0.2, 0) is 35.1 Å². The van der Waals surface area contributed by atoms with Gasteiger partial charge in [0.2, 0.25) is 23.6 Å². The van der Waals surface area contributed by atoms with Gasteiger partial charge in [-0.2, -0.15) is 5.10 Å². The second-order valence-electron chi connectivity index (χ2n) is 16.5. The first-order chi connectivity index (χ1) is 26.4. The maximum Gasteiger partial charge on any atom is 0.245 e. The van der Waals surface area contributed by atoms with Crippen LogP contribution in [0.3, 0.4) is 0 Å². The van der Waals surface area contributed by atoms with E-state index in [1.54, 1.807) is 32.4 Å². The number of likely N-dealkylation sites (tertiary alicyclic amines) is 1. The smallest absolute Gasteiger partial charge is 0.245 e. The fourth-order valence-corrected chi connectivity index (χ4v) is 9.28. The molecule has 1 aromatic carbocycles. The fraction of sp³-hybridized carbons (Fsp3) is 0.690. The predicted molar refractivity (Wildman–Crippen MR) is 211 cm³/mol. The molecule has 4 amide bonds. The Morgan fingerprint density at radius 2 is 1.75 bits per heavy atom. The lowest BCUT2D eigenvalue weighted by Crippen LogP contribution is -2.59. The Morgan fingerprint density at radius 1 is 1.00 bits per heavy atom. The molecule has 1 saturated carbocycles. The van der Waals surface area contributed by atoms with Crippen LogP contribution in [0.1, 0.15) is 96.9 Å². The van der Waals surface area contributed by atoms with Crippen molar-refractivity contribution in [2.75, 3.05) is 27.8 Å². The Kier molecular flexibility index (Phi) is 14.9. The Bertz CT molecular complexity index is 1560. The van der Waals surface area contributed by atoms with Crippen LogP contribution in [0.25, 0.3) is 0 Å². The first kappa shape index (κ1) is 42.3. The van der Waals surface area contributed by atoms with Crippen molar-refractivity contribution in [2.24, 2.45) is 23.7 Å². The number of methoxy groups -OCH3 is 2. The molecule has 0 unspecified atom stereocenters. The number of H-pyrrole nitrogens is 1. The van der Waals surface area contributed by atoms with Crippen molar-refractivity contribution in [2.45, 2.75) is 134 Å². The molecule has 55 heavy (non-hydrogen) atoms. The number of carbonyl (C=O) groups excluding carboxylic acids is 4. The second-order valence-corrected chi connectivity index (χ2v) is 16.5. The number of hydrogen-bond acceptors (Lipinski definition) is 8. The van der Waals surface area contributed by atoms with Gasteiger partial charge in [-0.25, -0.2) is 0 Å². The third kappa shape index (κ3) is 9.96. The normalized spacial score (nSPS) is 24.5. The van der Waals surface area contributed by atoms with E-state index in [0.717, 1.165) is 43.4 Å². The average molecular weight is 764 g/mol. The van der Waals surface area contributed by atoms with Crippen LogP contribution in [0.2, 0.25) is 0 Å². The number of nitrogens with one attached hydrogen (secondary N) is 4. The van der Waals surface area contributed by atoms with Gasteiger partial charge in [-0.3, -0.25) is 24.3 Å². The summed E-state index contributed by atoms with van der Waals surface area (Å²) < 4.78 is 12.1. The van der Waals surface area contributed by atoms with Crippen molar-refractivity contribution >= 4 is 23.6 Å². The summed E-state index contributed by atoms with van der Waals surface area (Å²) in [7, 11) is 4.95. The lowest BCUT2D eigenvalue weighted by atomic mass is 9.89. The number of benzene rings is 1. The van der Waals surface area contributed by atoms with E-state index >= 15 is 0 Å². The Morgan fingerprint density at radius 3 is 2.33 bits per heavy atom. The molecule has 2 saturated heterocycles.